The quantitative estimate of drug-likeness (QED) is 0.0644. The molecule has 0 saturated carbocycles. The minimum absolute atomic E-state index is 0.147. The van der Waals surface area contributed by atoms with Gasteiger partial charge in [-0.3, -0.25) is 14.4 Å². The summed E-state index contributed by atoms with van der Waals surface area (Å²) in [5, 5.41) is 10.1. The molecule has 0 atom stereocenters. The summed E-state index contributed by atoms with van der Waals surface area (Å²) in [6, 6.07) is 27.5. The number of para-hydroxylation sites is 2. The zero-order valence-corrected chi connectivity index (χ0v) is 24.2. The van der Waals surface area contributed by atoms with E-state index in [4.69, 9.17) is 16.3 Å². The maximum absolute atomic E-state index is 12.9. The van der Waals surface area contributed by atoms with Crippen LogP contribution in [0.25, 0.3) is 10.1 Å². The molecule has 0 aliphatic carbocycles. The molecular formula is C32H23ClN4O5S. The van der Waals surface area contributed by atoms with Gasteiger partial charge in [-0.05, 0) is 55.0 Å². The van der Waals surface area contributed by atoms with Gasteiger partial charge in [0.05, 0.1) is 22.5 Å². The average molecular weight is 611 g/mol. The monoisotopic (exact) mass is 610 g/mol. The lowest BCUT2D eigenvalue weighted by Crippen LogP contribution is -2.33. The van der Waals surface area contributed by atoms with Crippen LogP contribution in [0.5, 0.6) is 5.75 Å². The third kappa shape index (κ3) is 6.95. The van der Waals surface area contributed by atoms with Crippen molar-refractivity contribution in [2.24, 2.45) is 5.10 Å². The first-order valence-electron chi connectivity index (χ1n) is 12.9. The van der Waals surface area contributed by atoms with E-state index >= 15 is 0 Å². The van der Waals surface area contributed by atoms with Crippen LogP contribution in [0.3, 0.4) is 0 Å². The second-order valence-electron chi connectivity index (χ2n) is 9.19. The molecule has 0 aliphatic heterocycles. The maximum atomic E-state index is 12.9. The number of anilines is 2. The Morgan fingerprint density at radius 1 is 0.837 bits per heavy atom. The first kappa shape index (κ1) is 29.2. The normalized spacial score (nSPS) is 10.8. The highest BCUT2D eigenvalue weighted by Crippen LogP contribution is 2.36. The molecule has 5 aromatic rings. The zero-order valence-electron chi connectivity index (χ0n) is 22.6. The minimum Gasteiger partial charge on any atom is -0.422 e. The molecule has 11 heteroatoms. The Morgan fingerprint density at radius 3 is 2.40 bits per heavy atom. The van der Waals surface area contributed by atoms with Crippen molar-refractivity contribution in [3.8, 4) is 5.75 Å². The van der Waals surface area contributed by atoms with Gasteiger partial charge in [-0.1, -0.05) is 66.2 Å². The number of thiophene rings is 1. The van der Waals surface area contributed by atoms with Crippen LogP contribution >= 0.6 is 22.9 Å². The summed E-state index contributed by atoms with van der Waals surface area (Å²) in [7, 11) is 0. The lowest BCUT2D eigenvalue weighted by atomic mass is 10.1. The number of rotatable bonds is 7. The summed E-state index contributed by atoms with van der Waals surface area (Å²) >= 11 is 7.63. The maximum Gasteiger partial charge on any atom is 0.355 e. The molecule has 214 valence electrons. The van der Waals surface area contributed by atoms with Crippen molar-refractivity contribution in [1.29, 1.82) is 0 Å². The fourth-order valence-electron chi connectivity index (χ4n) is 4.07. The molecule has 3 amide bonds. The van der Waals surface area contributed by atoms with Crippen molar-refractivity contribution in [2.45, 2.75) is 6.92 Å². The number of carbonyl (C=O) groups is 4. The van der Waals surface area contributed by atoms with Gasteiger partial charge in [0.1, 0.15) is 10.6 Å². The van der Waals surface area contributed by atoms with Crippen LogP contribution in [-0.2, 0) is 9.59 Å². The summed E-state index contributed by atoms with van der Waals surface area (Å²) in [4.78, 5) is 51.1. The van der Waals surface area contributed by atoms with Gasteiger partial charge in [0, 0.05) is 21.3 Å². The SMILES string of the molecule is Cc1cccc(NC(=O)c2ccccc2NC(=O)C(=O)N/N=C/c2ccccc2OC(=O)c2sc3ccccc3c2Cl)c1. The Hall–Kier alpha value is -5.32. The van der Waals surface area contributed by atoms with Gasteiger partial charge >= 0.3 is 17.8 Å². The number of ether oxygens (including phenoxy) is 1. The standard InChI is InChI=1S/C32H23ClN4O5S/c1-19-9-8-11-21(17-19)35-29(38)22-12-3-5-14-24(22)36-30(39)31(40)37-34-18-20-10-2-6-15-25(20)42-32(41)28-27(33)23-13-4-7-16-26(23)43-28/h2-18H,1H3,(H,35,38)(H,36,39)(H,37,40)/b34-18+. The van der Waals surface area contributed by atoms with Gasteiger partial charge in [0.2, 0.25) is 0 Å². The molecule has 0 spiro atoms. The topological polar surface area (TPSA) is 126 Å². The van der Waals surface area contributed by atoms with E-state index in [0.717, 1.165) is 15.6 Å². The predicted molar refractivity (Wildman–Crippen MR) is 168 cm³/mol. The Morgan fingerprint density at radius 2 is 1.58 bits per heavy atom. The molecule has 3 N–H and O–H groups in total. The number of fused-ring (bicyclic) bond motifs is 1. The predicted octanol–water partition coefficient (Wildman–Crippen LogP) is 6.42. The van der Waals surface area contributed by atoms with Crippen molar-refractivity contribution in [1.82, 2.24) is 5.43 Å². The van der Waals surface area contributed by atoms with Crippen LogP contribution in [0.1, 0.15) is 31.2 Å². The smallest absolute Gasteiger partial charge is 0.355 e. The molecule has 43 heavy (non-hydrogen) atoms. The molecule has 4 aromatic carbocycles. The highest BCUT2D eigenvalue weighted by molar-refractivity contribution is 7.21. The van der Waals surface area contributed by atoms with Crippen molar-refractivity contribution in [3.05, 3.63) is 124 Å². The van der Waals surface area contributed by atoms with Crippen LogP contribution < -0.4 is 20.8 Å². The number of nitrogens with zero attached hydrogens (tertiary/aromatic N) is 1. The number of amides is 3. The second kappa shape index (κ2) is 13.1. The number of aryl methyl sites for hydroxylation is 1. The molecule has 1 aromatic heterocycles. The van der Waals surface area contributed by atoms with Crippen LogP contribution in [-0.4, -0.2) is 29.9 Å². The van der Waals surface area contributed by atoms with Gasteiger partial charge in [0.15, 0.2) is 0 Å². The highest BCUT2D eigenvalue weighted by Gasteiger charge is 2.20. The number of hydrogen-bond donors (Lipinski definition) is 3. The number of hydrogen-bond acceptors (Lipinski definition) is 7. The van der Waals surface area contributed by atoms with Crippen LogP contribution in [0.15, 0.2) is 102 Å². The van der Waals surface area contributed by atoms with Crippen molar-refractivity contribution in [2.75, 3.05) is 10.6 Å². The summed E-state index contributed by atoms with van der Waals surface area (Å²) in [5.41, 5.74) is 4.39. The van der Waals surface area contributed by atoms with Gasteiger partial charge in [-0.2, -0.15) is 5.10 Å². The number of benzene rings is 4. The van der Waals surface area contributed by atoms with E-state index in [1.165, 1.54) is 29.7 Å². The first-order valence-corrected chi connectivity index (χ1v) is 14.1. The fraction of sp³-hybridized carbons (Fsp3) is 0.0312. The van der Waals surface area contributed by atoms with E-state index in [2.05, 4.69) is 21.2 Å². The third-order valence-corrected chi connectivity index (χ3v) is 7.77. The largest absolute Gasteiger partial charge is 0.422 e. The number of carbonyl (C=O) groups excluding carboxylic acids is 4. The van der Waals surface area contributed by atoms with E-state index < -0.39 is 23.7 Å². The molecule has 1 heterocycles. The highest BCUT2D eigenvalue weighted by atomic mass is 35.5. The Labute approximate surface area is 255 Å². The van der Waals surface area contributed by atoms with Crippen LogP contribution in [0.2, 0.25) is 5.02 Å². The summed E-state index contributed by atoms with van der Waals surface area (Å²) in [5.74, 6) is -3.02. The molecule has 9 nitrogen and oxygen atoms in total. The lowest BCUT2D eigenvalue weighted by Gasteiger charge is -2.11. The minimum atomic E-state index is -1.07. The first-order chi connectivity index (χ1) is 20.8. The number of esters is 1. The molecule has 0 saturated heterocycles. The summed E-state index contributed by atoms with van der Waals surface area (Å²) in [6.07, 6.45) is 1.24. The van der Waals surface area contributed by atoms with E-state index in [1.54, 1.807) is 42.5 Å². The molecular weight excluding hydrogens is 588 g/mol. The molecule has 0 fully saturated rings. The molecule has 0 bridgehead atoms. The van der Waals surface area contributed by atoms with Gasteiger partial charge in [0.25, 0.3) is 5.91 Å². The summed E-state index contributed by atoms with van der Waals surface area (Å²) in [6.45, 7) is 1.90. The van der Waals surface area contributed by atoms with Crippen LogP contribution in [0.4, 0.5) is 11.4 Å². The van der Waals surface area contributed by atoms with E-state index in [9.17, 15) is 19.2 Å². The molecule has 0 radical (unpaired) electrons. The van der Waals surface area contributed by atoms with Gasteiger partial charge < -0.3 is 15.4 Å². The lowest BCUT2D eigenvalue weighted by molar-refractivity contribution is -0.136. The van der Waals surface area contributed by atoms with Crippen molar-refractivity contribution >= 4 is 74.3 Å². The zero-order chi connectivity index (χ0) is 30.3. The van der Waals surface area contributed by atoms with E-state index in [1.807, 2.05) is 49.4 Å². The average Bonchev–Trinajstić information content (AvgIpc) is 3.34. The van der Waals surface area contributed by atoms with E-state index in [-0.39, 0.29) is 21.9 Å². The third-order valence-electron chi connectivity index (χ3n) is 6.11. The van der Waals surface area contributed by atoms with Gasteiger partial charge in [-0.25, -0.2) is 10.2 Å². The molecule has 0 unspecified atom stereocenters. The number of halogens is 1. The number of hydrazone groups is 1. The summed E-state index contributed by atoms with van der Waals surface area (Å²) < 4.78 is 6.43. The molecule has 5 rings (SSSR count). The van der Waals surface area contributed by atoms with Crippen molar-refractivity contribution < 1.29 is 23.9 Å². The second-order valence-corrected chi connectivity index (χ2v) is 10.6. The Kier molecular flexibility index (Phi) is 8.90. The molecule has 0 aliphatic rings. The Bertz CT molecular complexity index is 1900. The number of nitrogens with one attached hydrogen (secondary N) is 3. The van der Waals surface area contributed by atoms with Crippen molar-refractivity contribution in [3.63, 3.8) is 0 Å². The van der Waals surface area contributed by atoms with Gasteiger partial charge in [-0.15, -0.1) is 11.3 Å². The Balaban J connectivity index is 1.22. The van der Waals surface area contributed by atoms with Crippen LogP contribution in [0, 0.1) is 6.92 Å². The fourth-order valence-corrected chi connectivity index (χ4v) is 5.46. The van der Waals surface area contributed by atoms with E-state index in [0.29, 0.717) is 16.3 Å².